The summed E-state index contributed by atoms with van der Waals surface area (Å²) < 4.78 is 0. The van der Waals surface area contributed by atoms with Crippen molar-refractivity contribution in [2.45, 2.75) is 19.5 Å². The Morgan fingerprint density at radius 2 is 2.16 bits per heavy atom. The summed E-state index contributed by atoms with van der Waals surface area (Å²) in [7, 11) is 0. The molecule has 1 aromatic carbocycles. The van der Waals surface area contributed by atoms with Crippen LogP contribution in [0.15, 0.2) is 29.8 Å². The standard InChI is InChI=1S/C14H14N2O2S/c17-14(18)13-12(15-9-19-13)8-16-6-5-10-3-1-2-4-11(10)7-16/h1-4,9H,5-8H2,(H,17,18). The first-order valence-electron chi connectivity index (χ1n) is 6.19. The average Bonchev–Trinajstić information content (AvgIpc) is 2.87. The van der Waals surface area contributed by atoms with Crippen LogP contribution in [-0.4, -0.2) is 27.5 Å². The summed E-state index contributed by atoms with van der Waals surface area (Å²) in [6.45, 7) is 2.43. The molecule has 2 aromatic rings. The van der Waals surface area contributed by atoms with E-state index in [2.05, 4.69) is 28.1 Å². The SMILES string of the molecule is O=C(O)c1scnc1CN1CCc2ccccc2C1. The average molecular weight is 274 g/mol. The Balaban J connectivity index is 1.76. The minimum Gasteiger partial charge on any atom is -0.477 e. The van der Waals surface area contributed by atoms with Crippen LogP contribution in [0.25, 0.3) is 0 Å². The summed E-state index contributed by atoms with van der Waals surface area (Å²) in [5.41, 5.74) is 5.02. The Hall–Kier alpha value is -1.72. The van der Waals surface area contributed by atoms with E-state index in [0.29, 0.717) is 17.1 Å². The topological polar surface area (TPSA) is 53.4 Å². The molecule has 5 heteroatoms. The molecule has 1 N–H and O–H groups in total. The molecule has 1 aromatic heterocycles. The lowest BCUT2D eigenvalue weighted by Crippen LogP contribution is -2.30. The lowest BCUT2D eigenvalue weighted by molar-refractivity contribution is 0.0699. The van der Waals surface area contributed by atoms with Crippen LogP contribution in [0.4, 0.5) is 0 Å². The third-order valence-corrected chi connectivity index (χ3v) is 4.28. The van der Waals surface area contributed by atoms with E-state index >= 15 is 0 Å². The van der Waals surface area contributed by atoms with Crippen molar-refractivity contribution in [3.05, 3.63) is 51.5 Å². The van der Waals surface area contributed by atoms with E-state index < -0.39 is 5.97 Å². The molecule has 1 aliphatic rings. The van der Waals surface area contributed by atoms with Crippen LogP contribution in [0, 0.1) is 0 Å². The fraction of sp³-hybridized carbons (Fsp3) is 0.286. The summed E-state index contributed by atoms with van der Waals surface area (Å²) in [6, 6.07) is 8.42. The highest BCUT2D eigenvalue weighted by molar-refractivity contribution is 7.11. The van der Waals surface area contributed by atoms with Crippen molar-refractivity contribution in [2.75, 3.05) is 6.54 Å². The highest BCUT2D eigenvalue weighted by atomic mass is 32.1. The van der Waals surface area contributed by atoms with Gasteiger partial charge in [0.05, 0.1) is 11.2 Å². The lowest BCUT2D eigenvalue weighted by atomic mass is 10.00. The van der Waals surface area contributed by atoms with Gasteiger partial charge < -0.3 is 5.11 Å². The highest BCUT2D eigenvalue weighted by Gasteiger charge is 2.20. The van der Waals surface area contributed by atoms with Crippen molar-refractivity contribution in [3.63, 3.8) is 0 Å². The third-order valence-electron chi connectivity index (χ3n) is 3.42. The number of aromatic carboxylic acids is 1. The van der Waals surface area contributed by atoms with Gasteiger partial charge in [-0.2, -0.15) is 0 Å². The Kier molecular flexibility index (Phi) is 3.31. The first-order chi connectivity index (χ1) is 9.24. The number of carboxylic acid groups (broad SMARTS) is 1. The van der Waals surface area contributed by atoms with Crippen LogP contribution in [0.1, 0.15) is 26.5 Å². The fourth-order valence-corrected chi connectivity index (χ4v) is 3.10. The molecule has 19 heavy (non-hydrogen) atoms. The zero-order valence-electron chi connectivity index (χ0n) is 10.4. The Bertz CT molecular complexity index is 609. The number of aromatic nitrogens is 1. The van der Waals surface area contributed by atoms with E-state index in [-0.39, 0.29) is 0 Å². The van der Waals surface area contributed by atoms with Crippen LogP contribution in [0.3, 0.4) is 0 Å². The van der Waals surface area contributed by atoms with Crippen molar-refractivity contribution >= 4 is 17.3 Å². The number of fused-ring (bicyclic) bond motifs is 1. The fourth-order valence-electron chi connectivity index (χ4n) is 2.46. The van der Waals surface area contributed by atoms with Gasteiger partial charge in [0.1, 0.15) is 4.88 Å². The van der Waals surface area contributed by atoms with Gasteiger partial charge in [0.25, 0.3) is 0 Å². The van der Waals surface area contributed by atoms with Gasteiger partial charge in [0.15, 0.2) is 0 Å². The molecule has 0 bridgehead atoms. The number of benzene rings is 1. The zero-order valence-corrected chi connectivity index (χ0v) is 11.2. The Morgan fingerprint density at radius 3 is 2.95 bits per heavy atom. The molecular formula is C14H14N2O2S. The Morgan fingerprint density at radius 1 is 1.37 bits per heavy atom. The summed E-state index contributed by atoms with van der Waals surface area (Å²) in [5.74, 6) is -0.880. The van der Waals surface area contributed by atoms with Gasteiger partial charge in [0.2, 0.25) is 0 Å². The maximum atomic E-state index is 11.1. The number of nitrogens with zero attached hydrogens (tertiary/aromatic N) is 2. The summed E-state index contributed by atoms with van der Waals surface area (Å²) in [5, 5.41) is 9.09. The summed E-state index contributed by atoms with van der Waals surface area (Å²) >= 11 is 1.19. The second-order valence-electron chi connectivity index (χ2n) is 4.66. The molecule has 0 radical (unpaired) electrons. The number of rotatable bonds is 3. The molecule has 0 fully saturated rings. The molecule has 0 spiro atoms. The maximum absolute atomic E-state index is 11.1. The van der Waals surface area contributed by atoms with E-state index in [0.717, 1.165) is 19.5 Å². The van der Waals surface area contributed by atoms with Crippen LogP contribution in [0.2, 0.25) is 0 Å². The Labute approximate surface area is 115 Å². The second-order valence-corrected chi connectivity index (χ2v) is 5.52. The van der Waals surface area contributed by atoms with E-state index in [1.807, 2.05) is 6.07 Å². The normalized spacial score (nSPS) is 15.2. The molecule has 0 saturated heterocycles. The largest absolute Gasteiger partial charge is 0.477 e. The monoisotopic (exact) mass is 274 g/mol. The van der Waals surface area contributed by atoms with Crippen LogP contribution in [-0.2, 0) is 19.5 Å². The number of thiazole rings is 1. The van der Waals surface area contributed by atoms with E-state index in [9.17, 15) is 4.79 Å². The number of hydrogen-bond donors (Lipinski definition) is 1. The molecule has 0 atom stereocenters. The van der Waals surface area contributed by atoms with Crippen molar-refractivity contribution in [1.29, 1.82) is 0 Å². The molecule has 4 nitrogen and oxygen atoms in total. The van der Waals surface area contributed by atoms with Crippen molar-refractivity contribution in [3.8, 4) is 0 Å². The molecule has 0 saturated carbocycles. The summed E-state index contributed by atoms with van der Waals surface area (Å²) in [4.78, 5) is 17.9. The van der Waals surface area contributed by atoms with E-state index in [1.54, 1.807) is 5.51 Å². The molecule has 0 amide bonds. The first-order valence-corrected chi connectivity index (χ1v) is 7.07. The minimum atomic E-state index is -0.880. The van der Waals surface area contributed by atoms with Crippen molar-refractivity contribution < 1.29 is 9.90 Å². The van der Waals surface area contributed by atoms with Crippen molar-refractivity contribution in [1.82, 2.24) is 9.88 Å². The third kappa shape index (κ3) is 2.52. The molecule has 0 unspecified atom stereocenters. The zero-order chi connectivity index (χ0) is 13.2. The maximum Gasteiger partial charge on any atom is 0.347 e. The first kappa shape index (κ1) is 12.3. The van der Waals surface area contributed by atoms with Gasteiger partial charge in [-0.3, -0.25) is 4.90 Å². The quantitative estimate of drug-likeness (QED) is 0.933. The van der Waals surface area contributed by atoms with Gasteiger partial charge in [-0.25, -0.2) is 9.78 Å². The molecule has 3 rings (SSSR count). The number of hydrogen-bond acceptors (Lipinski definition) is 4. The number of carboxylic acids is 1. The molecule has 2 heterocycles. The van der Waals surface area contributed by atoms with Gasteiger partial charge in [-0.05, 0) is 17.5 Å². The van der Waals surface area contributed by atoms with Gasteiger partial charge in [-0.15, -0.1) is 11.3 Å². The van der Waals surface area contributed by atoms with Crippen LogP contribution in [0.5, 0.6) is 0 Å². The lowest BCUT2D eigenvalue weighted by Gasteiger charge is -2.28. The highest BCUT2D eigenvalue weighted by Crippen LogP contribution is 2.22. The second kappa shape index (κ2) is 5.11. The minimum absolute atomic E-state index is 0.360. The predicted octanol–water partition coefficient (Wildman–Crippen LogP) is 2.40. The van der Waals surface area contributed by atoms with E-state index in [1.165, 1.54) is 22.5 Å². The van der Waals surface area contributed by atoms with Crippen LogP contribution < -0.4 is 0 Å². The number of carbonyl (C=O) groups is 1. The molecule has 1 aliphatic heterocycles. The van der Waals surface area contributed by atoms with Gasteiger partial charge >= 0.3 is 5.97 Å². The predicted molar refractivity (Wildman–Crippen MR) is 73.3 cm³/mol. The van der Waals surface area contributed by atoms with Crippen molar-refractivity contribution in [2.24, 2.45) is 0 Å². The molecule has 98 valence electrons. The van der Waals surface area contributed by atoms with Gasteiger partial charge in [-0.1, -0.05) is 24.3 Å². The summed E-state index contributed by atoms with van der Waals surface area (Å²) in [6.07, 6.45) is 1.02. The van der Waals surface area contributed by atoms with Gasteiger partial charge in [0, 0.05) is 19.6 Å². The van der Waals surface area contributed by atoms with E-state index in [4.69, 9.17) is 5.11 Å². The molecular weight excluding hydrogens is 260 g/mol. The van der Waals surface area contributed by atoms with Crippen LogP contribution >= 0.6 is 11.3 Å². The molecule has 0 aliphatic carbocycles. The smallest absolute Gasteiger partial charge is 0.347 e.